The van der Waals surface area contributed by atoms with Gasteiger partial charge in [0, 0.05) is 18.0 Å². The number of guanidine groups is 1. The SMILES string of the molecule is Cc1nc2c(c(C)c1NC1=NCCN1)C1=CCCC12. The number of nitrogens with one attached hydrogen (secondary N) is 2. The molecule has 1 aliphatic heterocycles. The summed E-state index contributed by atoms with van der Waals surface area (Å²) in [5.74, 6) is 1.49. The quantitative estimate of drug-likeness (QED) is 0.808. The third kappa shape index (κ3) is 1.46. The maximum absolute atomic E-state index is 4.82. The number of anilines is 1. The fourth-order valence-electron chi connectivity index (χ4n) is 3.47. The number of nitrogens with zero attached hydrogens (tertiary/aromatic N) is 2. The van der Waals surface area contributed by atoms with Crippen molar-refractivity contribution in [2.75, 3.05) is 18.4 Å². The zero-order valence-corrected chi connectivity index (χ0v) is 11.4. The van der Waals surface area contributed by atoms with Crippen LogP contribution in [0.1, 0.15) is 41.3 Å². The van der Waals surface area contributed by atoms with Gasteiger partial charge in [-0.25, -0.2) is 0 Å². The molecule has 98 valence electrons. The molecule has 0 fully saturated rings. The summed E-state index contributed by atoms with van der Waals surface area (Å²) in [5, 5.41) is 6.66. The number of hydrogen-bond donors (Lipinski definition) is 2. The first-order valence-corrected chi connectivity index (χ1v) is 7.02. The monoisotopic (exact) mass is 254 g/mol. The van der Waals surface area contributed by atoms with E-state index in [-0.39, 0.29) is 0 Å². The lowest BCUT2D eigenvalue weighted by atomic mass is 9.75. The predicted molar refractivity (Wildman–Crippen MR) is 77.6 cm³/mol. The molecule has 1 aromatic heterocycles. The van der Waals surface area contributed by atoms with Crippen LogP contribution in [0, 0.1) is 13.8 Å². The van der Waals surface area contributed by atoms with Gasteiger partial charge >= 0.3 is 0 Å². The van der Waals surface area contributed by atoms with Crippen LogP contribution in [-0.2, 0) is 0 Å². The summed E-state index contributed by atoms with van der Waals surface area (Å²) in [6.45, 7) is 6.06. The Morgan fingerprint density at radius 1 is 1.37 bits per heavy atom. The van der Waals surface area contributed by atoms with Crippen LogP contribution in [0.5, 0.6) is 0 Å². The molecule has 0 bridgehead atoms. The van der Waals surface area contributed by atoms with Gasteiger partial charge in [-0.1, -0.05) is 6.08 Å². The lowest BCUT2D eigenvalue weighted by Gasteiger charge is -2.32. The van der Waals surface area contributed by atoms with Crippen molar-refractivity contribution in [1.82, 2.24) is 10.3 Å². The maximum atomic E-state index is 4.82. The highest BCUT2D eigenvalue weighted by Gasteiger charge is 2.38. The topological polar surface area (TPSA) is 49.3 Å². The Labute approximate surface area is 113 Å². The highest BCUT2D eigenvalue weighted by molar-refractivity contribution is 5.98. The van der Waals surface area contributed by atoms with E-state index >= 15 is 0 Å². The zero-order chi connectivity index (χ0) is 13.0. The number of pyridine rings is 1. The van der Waals surface area contributed by atoms with E-state index in [1.807, 2.05) is 0 Å². The van der Waals surface area contributed by atoms with E-state index in [1.54, 1.807) is 0 Å². The second-order valence-electron chi connectivity index (χ2n) is 5.53. The largest absolute Gasteiger partial charge is 0.354 e. The Bertz CT molecular complexity index is 628. The van der Waals surface area contributed by atoms with Crippen LogP contribution >= 0.6 is 0 Å². The van der Waals surface area contributed by atoms with Crippen LogP contribution in [0.3, 0.4) is 0 Å². The molecule has 0 saturated heterocycles. The van der Waals surface area contributed by atoms with Gasteiger partial charge in [0.1, 0.15) is 0 Å². The summed E-state index contributed by atoms with van der Waals surface area (Å²) in [5.41, 5.74) is 7.74. The molecule has 1 unspecified atom stereocenters. The van der Waals surface area contributed by atoms with E-state index < -0.39 is 0 Å². The molecule has 4 nitrogen and oxygen atoms in total. The number of fused-ring (bicyclic) bond motifs is 4. The van der Waals surface area contributed by atoms with Gasteiger partial charge in [0.15, 0.2) is 5.96 Å². The molecular weight excluding hydrogens is 236 g/mol. The van der Waals surface area contributed by atoms with Crippen molar-refractivity contribution in [1.29, 1.82) is 0 Å². The number of rotatable bonds is 1. The maximum Gasteiger partial charge on any atom is 0.195 e. The van der Waals surface area contributed by atoms with Crippen molar-refractivity contribution in [3.05, 3.63) is 28.6 Å². The molecule has 2 heterocycles. The van der Waals surface area contributed by atoms with Crippen LogP contribution in [0.4, 0.5) is 5.69 Å². The number of aromatic nitrogens is 1. The molecule has 1 atom stereocenters. The number of allylic oxidation sites excluding steroid dienone is 2. The van der Waals surface area contributed by atoms with Gasteiger partial charge in [-0.05, 0) is 37.8 Å². The highest BCUT2D eigenvalue weighted by atomic mass is 15.2. The number of aryl methyl sites for hydroxylation is 1. The van der Waals surface area contributed by atoms with Crippen molar-refractivity contribution in [3.8, 4) is 0 Å². The Morgan fingerprint density at radius 3 is 3.05 bits per heavy atom. The smallest absolute Gasteiger partial charge is 0.195 e. The third-order valence-electron chi connectivity index (χ3n) is 4.39. The average Bonchev–Trinajstić information content (AvgIpc) is 3.01. The van der Waals surface area contributed by atoms with Gasteiger partial charge in [0.05, 0.1) is 23.6 Å². The molecule has 0 saturated carbocycles. The van der Waals surface area contributed by atoms with E-state index in [0.717, 1.165) is 30.4 Å². The summed E-state index contributed by atoms with van der Waals surface area (Å²) in [6.07, 6.45) is 4.83. The molecule has 2 N–H and O–H groups in total. The summed E-state index contributed by atoms with van der Waals surface area (Å²) in [4.78, 5) is 9.22. The second-order valence-corrected chi connectivity index (χ2v) is 5.53. The first kappa shape index (κ1) is 11.0. The fourth-order valence-corrected chi connectivity index (χ4v) is 3.47. The minimum Gasteiger partial charge on any atom is -0.354 e. The molecule has 3 aliphatic rings. The molecule has 0 aromatic carbocycles. The van der Waals surface area contributed by atoms with E-state index in [9.17, 15) is 0 Å². The van der Waals surface area contributed by atoms with Crippen molar-refractivity contribution in [2.45, 2.75) is 32.6 Å². The molecule has 0 amide bonds. The normalized spacial score (nSPS) is 22.9. The molecule has 0 radical (unpaired) electrons. The van der Waals surface area contributed by atoms with E-state index in [4.69, 9.17) is 4.98 Å². The van der Waals surface area contributed by atoms with E-state index in [0.29, 0.717) is 5.92 Å². The third-order valence-corrected chi connectivity index (χ3v) is 4.39. The van der Waals surface area contributed by atoms with E-state index in [2.05, 4.69) is 35.5 Å². The molecule has 4 rings (SSSR count). The van der Waals surface area contributed by atoms with Crippen LogP contribution in [0.25, 0.3) is 5.57 Å². The summed E-state index contributed by atoms with van der Waals surface area (Å²) in [6, 6.07) is 0. The average molecular weight is 254 g/mol. The van der Waals surface area contributed by atoms with Gasteiger partial charge in [-0.2, -0.15) is 0 Å². The van der Waals surface area contributed by atoms with Crippen molar-refractivity contribution in [3.63, 3.8) is 0 Å². The lowest BCUT2D eigenvalue weighted by Crippen LogP contribution is -2.28. The summed E-state index contributed by atoms with van der Waals surface area (Å²) < 4.78 is 0. The molecular formula is C15H18N4. The van der Waals surface area contributed by atoms with Crippen LogP contribution in [-0.4, -0.2) is 24.0 Å². The van der Waals surface area contributed by atoms with Gasteiger partial charge in [-0.15, -0.1) is 0 Å². The van der Waals surface area contributed by atoms with Gasteiger partial charge < -0.3 is 10.6 Å². The van der Waals surface area contributed by atoms with Gasteiger partial charge in [-0.3, -0.25) is 9.98 Å². The number of aliphatic imine (C=N–C) groups is 1. The molecule has 0 spiro atoms. The Kier molecular flexibility index (Phi) is 2.22. The van der Waals surface area contributed by atoms with Crippen molar-refractivity contribution in [2.24, 2.45) is 4.99 Å². The van der Waals surface area contributed by atoms with Gasteiger partial charge in [0.25, 0.3) is 0 Å². The molecule has 2 aliphatic carbocycles. The lowest BCUT2D eigenvalue weighted by molar-refractivity contribution is 0.739. The Morgan fingerprint density at radius 2 is 2.26 bits per heavy atom. The fraction of sp³-hybridized carbons (Fsp3) is 0.467. The second kappa shape index (κ2) is 3.83. The number of hydrogen-bond acceptors (Lipinski definition) is 4. The highest BCUT2D eigenvalue weighted by Crippen LogP contribution is 2.54. The Hall–Kier alpha value is -1.84. The first-order valence-electron chi connectivity index (χ1n) is 7.02. The predicted octanol–water partition coefficient (Wildman–Crippen LogP) is 2.34. The molecule has 19 heavy (non-hydrogen) atoms. The summed E-state index contributed by atoms with van der Waals surface area (Å²) in [7, 11) is 0. The van der Waals surface area contributed by atoms with Crippen molar-refractivity contribution >= 4 is 17.2 Å². The minimum atomic E-state index is 0.614. The standard InChI is InChI=1S/C15H18N4/c1-8-12-10-4-3-5-11(10)14(12)18-9(2)13(8)19-15-16-6-7-17-15/h4,11H,3,5-7H2,1-2H3,(H2,16,17,19). The van der Waals surface area contributed by atoms with Crippen LogP contribution < -0.4 is 10.6 Å². The minimum absolute atomic E-state index is 0.614. The first-order chi connectivity index (χ1) is 9.25. The zero-order valence-electron chi connectivity index (χ0n) is 11.4. The van der Waals surface area contributed by atoms with Crippen molar-refractivity contribution < 1.29 is 0 Å². The van der Waals surface area contributed by atoms with Crippen LogP contribution in [0.15, 0.2) is 11.1 Å². The van der Waals surface area contributed by atoms with Crippen LogP contribution in [0.2, 0.25) is 0 Å². The van der Waals surface area contributed by atoms with E-state index in [1.165, 1.54) is 35.2 Å². The molecule has 4 heteroatoms. The summed E-state index contributed by atoms with van der Waals surface area (Å²) >= 11 is 0. The van der Waals surface area contributed by atoms with Gasteiger partial charge in [0.2, 0.25) is 0 Å². The molecule has 1 aromatic rings. The Balaban J connectivity index is 1.78.